The first-order chi connectivity index (χ1) is 8.11. The Labute approximate surface area is 110 Å². The molecule has 0 unspecified atom stereocenters. The second-order valence-corrected chi connectivity index (χ2v) is 6.58. The molecule has 0 aromatic rings. The van der Waals surface area contributed by atoms with E-state index in [1.54, 1.807) is 0 Å². The molecule has 2 aliphatic rings. The molecule has 0 amide bonds. The molecule has 0 aliphatic carbocycles. The van der Waals surface area contributed by atoms with Crippen LogP contribution in [0.15, 0.2) is 12.1 Å². The second kappa shape index (κ2) is 4.34. The molecule has 0 aromatic heterocycles. The zero-order valence-electron chi connectivity index (χ0n) is 12.2. The minimum Gasteiger partial charge on any atom is -0.400 e. The van der Waals surface area contributed by atoms with Gasteiger partial charge in [-0.05, 0) is 41.5 Å². The predicted octanol–water partition coefficient (Wildman–Crippen LogP) is 1.90. The lowest BCUT2D eigenvalue weighted by molar-refractivity contribution is 0.00578. The highest BCUT2D eigenvalue weighted by molar-refractivity contribution is 6.51. The number of hydrogen-bond donors (Lipinski definition) is 1. The van der Waals surface area contributed by atoms with Crippen molar-refractivity contribution in [3.63, 3.8) is 0 Å². The van der Waals surface area contributed by atoms with Crippen molar-refractivity contribution >= 4 is 7.12 Å². The van der Waals surface area contributed by atoms with Crippen LogP contribution in [0.5, 0.6) is 0 Å². The van der Waals surface area contributed by atoms with Crippen LogP contribution in [0.4, 0.5) is 0 Å². The van der Waals surface area contributed by atoms with Gasteiger partial charge in [-0.2, -0.15) is 0 Å². The van der Waals surface area contributed by atoms with Crippen LogP contribution in [0, 0.1) is 0 Å². The van der Waals surface area contributed by atoms with E-state index in [9.17, 15) is 0 Å². The Morgan fingerprint density at radius 1 is 1.06 bits per heavy atom. The SMILES string of the molecule is CC1(C)N[C@@H](/C=C/B2OC(C)(C)C(C)(C)O2)CO1. The van der Waals surface area contributed by atoms with Crippen molar-refractivity contribution in [1.29, 1.82) is 0 Å². The van der Waals surface area contributed by atoms with Gasteiger partial charge < -0.3 is 14.0 Å². The van der Waals surface area contributed by atoms with Crippen LogP contribution in [0.25, 0.3) is 0 Å². The Kier molecular flexibility index (Phi) is 3.39. The molecule has 2 aliphatic heterocycles. The van der Waals surface area contributed by atoms with Crippen molar-refractivity contribution in [2.24, 2.45) is 0 Å². The Morgan fingerprint density at radius 2 is 1.61 bits per heavy atom. The van der Waals surface area contributed by atoms with Crippen LogP contribution in [-0.4, -0.2) is 36.7 Å². The van der Waals surface area contributed by atoms with Gasteiger partial charge >= 0.3 is 7.12 Å². The van der Waals surface area contributed by atoms with E-state index >= 15 is 0 Å². The maximum absolute atomic E-state index is 5.90. The van der Waals surface area contributed by atoms with Gasteiger partial charge in [0, 0.05) is 0 Å². The minimum atomic E-state index is -0.277. The van der Waals surface area contributed by atoms with E-state index in [2.05, 4.69) is 39.1 Å². The average molecular weight is 253 g/mol. The van der Waals surface area contributed by atoms with Gasteiger partial charge in [-0.1, -0.05) is 12.1 Å². The summed E-state index contributed by atoms with van der Waals surface area (Å²) in [6, 6.07) is 0.221. The lowest BCUT2D eigenvalue weighted by Crippen LogP contribution is -2.41. The summed E-state index contributed by atoms with van der Waals surface area (Å²) >= 11 is 0. The molecule has 2 rings (SSSR count). The summed E-state index contributed by atoms with van der Waals surface area (Å²) in [5.74, 6) is 1.97. The number of rotatable bonds is 2. The van der Waals surface area contributed by atoms with Crippen molar-refractivity contribution in [2.45, 2.75) is 64.5 Å². The van der Waals surface area contributed by atoms with E-state index in [1.807, 2.05) is 19.8 Å². The molecule has 0 saturated carbocycles. The van der Waals surface area contributed by atoms with Crippen molar-refractivity contribution < 1.29 is 14.0 Å². The summed E-state index contributed by atoms with van der Waals surface area (Å²) in [5, 5.41) is 3.38. The molecular formula is C13H24BNO3. The molecule has 4 nitrogen and oxygen atoms in total. The summed E-state index contributed by atoms with van der Waals surface area (Å²) < 4.78 is 17.4. The van der Waals surface area contributed by atoms with Gasteiger partial charge in [-0.3, -0.25) is 5.32 Å². The van der Waals surface area contributed by atoms with Gasteiger partial charge in [0.2, 0.25) is 0 Å². The second-order valence-electron chi connectivity index (χ2n) is 6.58. The van der Waals surface area contributed by atoms with Gasteiger partial charge in [0.1, 0.15) is 5.72 Å². The quantitative estimate of drug-likeness (QED) is 0.763. The van der Waals surface area contributed by atoms with E-state index in [0.717, 1.165) is 0 Å². The maximum Gasteiger partial charge on any atom is 0.486 e. The van der Waals surface area contributed by atoms with Gasteiger partial charge in [0.25, 0.3) is 0 Å². The van der Waals surface area contributed by atoms with E-state index < -0.39 is 0 Å². The molecule has 18 heavy (non-hydrogen) atoms. The Morgan fingerprint density at radius 3 is 2.06 bits per heavy atom. The zero-order valence-corrected chi connectivity index (χ0v) is 12.2. The Hall–Kier alpha value is -0.355. The summed E-state index contributed by atoms with van der Waals surface area (Å²) in [4.78, 5) is 0. The van der Waals surface area contributed by atoms with Gasteiger partial charge in [0.05, 0.1) is 23.9 Å². The first-order valence-corrected chi connectivity index (χ1v) is 6.57. The molecule has 0 radical (unpaired) electrons. The molecule has 2 fully saturated rings. The molecule has 0 aromatic carbocycles. The highest BCUT2D eigenvalue weighted by Gasteiger charge is 2.50. The first kappa shape index (κ1) is 14.1. The fraction of sp³-hybridized carbons (Fsp3) is 0.846. The van der Waals surface area contributed by atoms with Gasteiger partial charge in [0.15, 0.2) is 0 Å². The van der Waals surface area contributed by atoms with Crippen LogP contribution in [0.1, 0.15) is 41.5 Å². The van der Waals surface area contributed by atoms with Crippen molar-refractivity contribution in [3.05, 3.63) is 12.1 Å². The lowest BCUT2D eigenvalue weighted by Gasteiger charge is -2.32. The standard InChI is InChI=1S/C13H24BNO3/c1-11(2)12(3,4)18-14(17-11)8-7-10-9-16-13(5,6)15-10/h7-8,10,15H,9H2,1-6H3/b8-7+/t10-/m0/s1. The minimum absolute atomic E-state index is 0.221. The fourth-order valence-corrected chi connectivity index (χ4v) is 2.12. The maximum atomic E-state index is 5.90. The predicted molar refractivity (Wildman–Crippen MR) is 72.2 cm³/mol. The summed E-state index contributed by atoms with van der Waals surface area (Å²) in [7, 11) is -0.277. The smallest absolute Gasteiger partial charge is 0.400 e. The zero-order chi connectivity index (χ0) is 13.6. The van der Waals surface area contributed by atoms with Crippen LogP contribution in [-0.2, 0) is 14.0 Å². The summed E-state index contributed by atoms with van der Waals surface area (Å²) in [6.45, 7) is 13.0. The first-order valence-electron chi connectivity index (χ1n) is 6.57. The molecule has 1 atom stereocenters. The molecule has 2 saturated heterocycles. The number of nitrogens with one attached hydrogen (secondary N) is 1. The van der Waals surface area contributed by atoms with Gasteiger partial charge in [-0.25, -0.2) is 0 Å². The summed E-state index contributed by atoms with van der Waals surface area (Å²) in [6.07, 6.45) is 2.07. The third-order valence-electron chi connectivity index (χ3n) is 3.93. The van der Waals surface area contributed by atoms with Gasteiger partial charge in [-0.15, -0.1) is 0 Å². The monoisotopic (exact) mass is 253 g/mol. The molecule has 0 bridgehead atoms. The van der Waals surface area contributed by atoms with Crippen LogP contribution in [0.2, 0.25) is 0 Å². The third kappa shape index (κ3) is 2.80. The largest absolute Gasteiger partial charge is 0.486 e. The highest BCUT2D eigenvalue weighted by atomic mass is 16.7. The molecular weight excluding hydrogens is 229 g/mol. The van der Waals surface area contributed by atoms with Crippen LogP contribution < -0.4 is 5.32 Å². The normalized spacial score (nSPS) is 33.4. The van der Waals surface area contributed by atoms with Crippen LogP contribution in [0.3, 0.4) is 0 Å². The van der Waals surface area contributed by atoms with E-state index in [-0.39, 0.29) is 30.1 Å². The highest BCUT2D eigenvalue weighted by Crippen LogP contribution is 2.36. The Balaban J connectivity index is 1.93. The molecule has 1 N–H and O–H groups in total. The number of hydrogen-bond acceptors (Lipinski definition) is 4. The molecule has 102 valence electrons. The van der Waals surface area contributed by atoms with E-state index in [0.29, 0.717) is 6.61 Å². The lowest BCUT2D eigenvalue weighted by atomic mass is 9.89. The van der Waals surface area contributed by atoms with Crippen molar-refractivity contribution in [3.8, 4) is 0 Å². The summed E-state index contributed by atoms with van der Waals surface area (Å²) in [5.41, 5.74) is -0.799. The van der Waals surface area contributed by atoms with Crippen molar-refractivity contribution in [2.75, 3.05) is 6.61 Å². The molecule has 2 heterocycles. The fourth-order valence-electron chi connectivity index (χ4n) is 2.12. The third-order valence-corrected chi connectivity index (χ3v) is 3.93. The topological polar surface area (TPSA) is 39.7 Å². The van der Waals surface area contributed by atoms with E-state index in [4.69, 9.17) is 14.0 Å². The van der Waals surface area contributed by atoms with Crippen molar-refractivity contribution in [1.82, 2.24) is 5.32 Å². The Bertz CT molecular complexity index is 336. The van der Waals surface area contributed by atoms with E-state index in [1.165, 1.54) is 0 Å². The average Bonchev–Trinajstić information content (AvgIpc) is 2.62. The van der Waals surface area contributed by atoms with Crippen LogP contribution >= 0.6 is 0 Å². The molecule has 5 heteroatoms. The number of ether oxygens (including phenoxy) is 1. The molecule has 0 spiro atoms.